The fourth-order valence-electron chi connectivity index (χ4n) is 7.05. The normalized spacial score (nSPS) is 14.1. The Morgan fingerprint density at radius 3 is 2.05 bits per heavy atom. The maximum atomic E-state index is 6.23. The predicted octanol–water partition coefficient (Wildman–Crippen LogP) is 11.7. The molecular weight excluding hydrogens is 531 g/mol. The Balaban J connectivity index is 1.27. The van der Waals surface area contributed by atoms with Gasteiger partial charge in [-0.25, -0.2) is 0 Å². The topological polar surface area (TPSA) is 16.4 Å². The van der Waals surface area contributed by atoms with E-state index in [-0.39, 0.29) is 5.41 Å². The average molecular weight is 558 g/mol. The summed E-state index contributed by atoms with van der Waals surface area (Å²) in [7, 11) is 0. The van der Waals surface area contributed by atoms with E-state index in [0.29, 0.717) is 0 Å². The fraction of sp³-hybridized carbons (Fsp3) is 0.0769. The molecule has 0 atom stereocenters. The van der Waals surface area contributed by atoms with Crippen molar-refractivity contribution in [3.63, 3.8) is 0 Å². The number of hydrogen-bond acceptors (Lipinski definition) is 3. The highest BCUT2D eigenvalue weighted by Gasteiger charge is 2.36. The van der Waals surface area contributed by atoms with Gasteiger partial charge < -0.3 is 9.32 Å². The van der Waals surface area contributed by atoms with Crippen LogP contribution in [0.25, 0.3) is 53.2 Å². The molecule has 3 heterocycles. The minimum atomic E-state index is -0.0768. The van der Waals surface area contributed by atoms with Gasteiger partial charge in [0.05, 0.1) is 11.4 Å². The van der Waals surface area contributed by atoms with Crippen molar-refractivity contribution >= 4 is 70.5 Å². The van der Waals surface area contributed by atoms with Gasteiger partial charge in [0.1, 0.15) is 11.2 Å². The summed E-state index contributed by atoms with van der Waals surface area (Å²) in [4.78, 5) is 2.44. The molecule has 2 aromatic heterocycles. The molecule has 0 fully saturated rings. The fourth-order valence-corrected chi connectivity index (χ4v) is 8.44. The Hall–Kier alpha value is -4.86. The van der Waals surface area contributed by atoms with Gasteiger partial charge in [-0.2, -0.15) is 0 Å². The van der Waals surface area contributed by atoms with Crippen LogP contribution >= 0.6 is 11.3 Å². The summed E-state index contributed by atoms with van der Waals surface area (Å²) in [5.41, 5.74) is 10.6. The maximum Gasteiger partial charge on any atom is 0.136 e. The number of benzene rings is 6. The van der Waals surface area contributed by atoms with Gasteiger partial charge in [-0.15, -0.1) is 11.3 Å². The predicted molar refractivity (Wildman–Crippen MR) is 179 cm³/mol. The van der Waals surface area contributed by atoms with E-state index in [1.54, 1.807) is 0 Å². The highest BCUT2D eigenvalue weighted by atomic mass is 32.1. The minimum absolute atomic E-state index is 0.0768. The molecule has 3 heteroatoms. The molecule has 6 aromatic carbocycles. The maximum absolute atomic E-state index is 6.23. The average Bonchev–Trinajstić information content (AvgIpc) is 3.60. The van der Waals surface area contributed by atoms with Crippen LogP contribution in [-0.2, 0) is 5.41 Å². The molecule has 2 nitrogen and oxygen atoms in total. The van der Waals surface area contributed by atoms with Crippen molar-refractivity contribution in [1.29, 1.82) is 0 Å². The first-order valence-electron chi connectivity index (χ1n) is 14.4. The Morgan fingerprint density at radius 2 is 1.24 bits per heavy atom. The highest BCUT2D eigenvalue weighted by Crippen LogP contribution is 2.52. The van der Waals surface area contributed by atoms with E-state index in [4.69, 9.17) is 4.42 Å². The second-order valence-corrected chi connectivity index (χ2v) is 12.8. The minimum Gasteiger partial charge on any atom is -0.456 e. The smallest absolute Gasteiger partial charge is 0.136 e. The lowest BCUT2D eigenvalue weighted by molar-refractivity contribution is 0.632. The van der Waals surface area contributed by atoms with Crippen molar-refractivity contribution in [3.8, 4) is 11.1 Å². The zero-order chi connectivity index (χ0) is 28.0. The third-order valence-electron chi connectivity index (χ3n) is 9.06. The van der Waals surface area contributed by atoms with Crippen LogP contribution in [0.1, 0.15) is 25.0 Å². The lowest BCUT2D eigenvalue weighted by Crippen LogP contribution is -2.30. The largest absolute Gasteiger partial charge is 0.456 e. The van der Waals surface area contributed by atoms with E-state index in [0.717, 1.165) is 11.2 Å². The van der Waals surface area contributed by atoms with Gasteiger partial charge in [0.15, 0.2) is 0 Å². The van der Waals surface area contributed by atoms with Crippen LogP contribution in [0, 0.1) is 0 Å². The van der Waals surface area contributed by atoms with Crippen LogP contribution < -0.4 is 4.90 Å². The SMILES string of the molecule is CC1(C)c2ccccc2N(c2cccc(-c3cccc4c3sc3c4ccc4oc5ccccc5c43)c2)c2ccccc21. The van der Waals surface area contributed by atoms with Crippen LogP contribution in [0.2, 0.25) is 0 Å². The van der Waals surface area contributed by atoms with Gasteiger partial charge in [-0.05, 0) is 64.7 Å². The number of para-hydroxylation sites is 3. The summed E-state index contributed by atoms with van der Waals surface area (Å²) in [6, 6.07) is 46.2. The molecular formula is C39H27NOS. The molecule has 200 valence electrons. The van der Waals surface area contributed by atoms with Gasteiger partial charge in [0, 0.05) is 42.0 Å². The molecule has 1 aliphatic heterocycles. The third kappa shape index (κ3) is 3.20. The summed E-state index contributed by atoms with van der Waals surface area (Å²) < 4.78 is 8.82. The Bertz CT molecular complexity index is 2310. The van der Waals surface area contributed by atoms with E-state index < -0.39 is 0 Å². The van der Waals surface area contributed by atoms with Crippen LogP contribution in [0.15, 0.2) is 132 Å². The number of hydrogen-bond donors (Lipinski definition) is 0. The Kier molecular flexibility index (Phi) is 4.86. The first-order chi connectivity index (χ1) is 20.6. The number of furan rings is 1. The zero-order valence-electron chi connectivity index (χ0n) is 23.4. The molecule has 0 spiro atoms. The van der Waals surface area contributed by atoms with Crippen LogP contribution in [0.5, 0.6) is 0 Å². The standard InChI is InChI=1S/C39H27NOS/c1-39(2)30-16-4-6-18-32(30)40(33-19-7-5-17-31(33)39)25-12-9-11-24(23-25)26-14-10-15-27-28-21-22-35-36(38(28)42-37(26)27)29-13-3-8-20-34(29)41-35/h3-23H,1-2H3. The molecule has 1 aliphatic rings. The monoisotopic (exact) mass is 557 g/mol. The number of nitrogens with zero attached hydrogens (tertiary/aromatic N) is 1. The summed E-state index contributed by atoms with van der Waals surface area (Å²) in [6.45, 7) is 4.67. The van der Waals surface area contributed by atoms with Crippen molar-refractivity contribution in [2.24, 2.45) is 0 Å². The molecule has 8 aromatic rings. The molecule has 0 bridgehead atoms. The second-order valence-electron chi connectivity index (χ2n) is 11.7. The highest BCUT2D eigenvalue weighted by molar-refractivity contribution is 7.27. The number of rotatable bonds is 2. The zero-order valence-corrected chi connectivity index (χ0v) is 24.2. The van der Waals surface area contributed by atoms with Crippen molar-refractivity contribution in [1.82, 2.24) is 0 Å². The quantitative estimate of drug-likeness (QED) is 0.210. The van der Waals surface area contributed by atoms with Crippen LogP contribution in [-0.4, -0.2) is 0 Å². The number of fused-ring (bicyclic) bond motifs is 9. The number of anilines is 3. The van der Waals surface area contributed by atoms with Gasteiger partial charge >= 0.3 is 0 Å². The van der Waals surface area contributed by atoms with Crippen molar-refractivity contribution in [2.75, 3.05) is 4.90 Å². The summed E-state index contributed by atoms with van der Waals surface area (Å²) in [6.07, 6.45) is 0. The second kappa shape index (κ2) is 8.58. The molecule has 0 aliphatic carbocycles. The lowest BCUT2D eigenvalue weighted by atomic mass is 9.73. The first-order valence-corrected chi connectivity index (χ1v) is 15.3. The van der Waals surface area contributed by atoms with Crippen LogP contribution in [0.3, 0.4) is 0 Å². The van der Waals surface area contributed by atoms with E-state index in [2.05, 4.69) is 140 Å². The van der Waals surface area contributed by atoms with Gasteiger partial charge in [0.2, 0.25) is 0 Å². The molecule has 42 heavy (non-hydrogen) atoms. The van der Waals surface area contributed by atoms with Crippen LogP contribution in [0.4, 0.5) is 17.1 Å². The Labute approximate surface area is 248 Å². The van der Waals surface area contributed by atoms with Crippen molar-refractivity contribution in [3.05, 3.63) is 139 Å². The first kappa shape index (κ1) is 23.8. The summed E-state index contributed by atoms with van der Waals surface area (Å²) >= 11 is 1.88. The summed E-state index contributed by atoms with van der Waals surface area (Å²) in [5.74, 6) is 0. The van der Waals surface area contributed by atoms with Crippen molar-refractivity contribution in [2.45, 2.75) is 19.3 Å². The number of thiophene rings is 1. The Morgan fingerprint density at radius 1 is 0.571 bits per heavy atom. The van der Waals surface area contributed by atoms with E-state index in [9.17, 15) is 0 Å². The molecule has 0 saturated heterocycles. The van der Waals surface area contributed by atoms with Gasteiger partial charge in [-0.1, -0.05) is 98.8 Å². The third-order valence-corrected chi connectivity index (χ3v) is 10.3. The molecule has 0 N–H and O–H groups in total. The lowest BCUT2D eigenvalue weighted by Gasteiger charge is -2.42. The molecule has 0 amide bonds. The van der Waals surface area contributed by atoms with E-state index in [1.165, 1.54) is 70.3 Å². The summed E-state index contributed by atoms with van der Waals surface area (Å²) in [5, 5.41) is 4.97. The van der Waals surface area contributed by atoms with Gasteiger partial charge in [-0.3, -0.25) is 0 Å². The van der Waals surface area contributed by atoms with Gasteiger partial charge in [0.25, 0.3) is 0 Å². The molecule has 0 saturated carbocycles. The molecule has 0 radical (unpaired) electrons. The van der Waals surface area contributed by atoms with Crippen molar-refractivity contribution < 1.29 is 4.42 Å². The molecule has 9 rings (SSSR count). The van der Waals surface area contributed by atoms with E-state index >= 15 is 0 Å². The molecule has 0 unspecified atom stereocenters. The van der Waals surface area contributed by atoms with E-state index in [1.807, 2.05) is 17.4 Å².